The number of carbonyl (C=O) groups excluding carboxylic acids is 1. The van der Waals surface area contributed by atoms with Crippen LogP contribution in [0.5, 0.6) is 0 Å². The van der Waals surface area contributed by atoms with Gasteiger partial charge in [-0.3, -0.25) is 4.79 Å². The van der Waals surface area contributed by atoms with Gasteiger partial charge in [0, 0.05) is 32.1 Å². The van der Waals surface area contributed by atoms with Crippen molar-refractivity contribution in [3.8, 4) is 5.69 Å². The van der Waals surface area contributed by atoms with Crippen molar-refractivity contribution in [1.29, 1.82) is 0 Å². The van der Waals surface area contributed by atoms with Crippen LogP contribution in [0, 0.1) is 0 Å². The third kappa shape index (κ3) is 3.09. The van der Waals surface area contributed by atoms with Gasteiger partial charge >= 0.3 is 0 Å². The molecule has 2 heterocycles. The molecule has 2 aromatic rings. The molecule has 23 heavy (non-hydrogen) atoms. The summed E-state index contributed by atoms with van der Waals surface area (Å²) in [6.45, 7) is 6.26. The predicted octanol–water partition coefficient (Wildman–Crippen LogP) is 1.92. The molecule has 0 bridgehead atoms. The number of aromatic nitrogens is 3. The number of nitrogens with zero attached hydrogens (tertiary/aromatic N) is 4. The lowest BCUT2D eigenvalue weighted by molar-refractivity contribution is 0.0643. The molecule has 7 heteroatoms. The first-order chi connectivity index (χ1) is 11.1. The normalized spacial score (nSPS) is 18.2. The number of halogens is 1. The van der Waals surface area contributed by atoms with E-state index in [2.05, 4.69) is 15.4 Å². The second kappa shape index (κ2) is 6.68. The molecule has 0 aliphatic carbocycles. The lowest BCUT2D eigenvalue weighted by atomic mass is 10.2. The molecule has 1 aromatic carbocycles. The summed E-state index contributed by atoms with van der Waals surface area (Å²) in [5, 5.41) is 8.29. The Balaban J connectivity index is 1.96. The number of nitrogens with one attached hydrogen (secondary N) is 1. The van der Waals surface area contributed by atoms with Crippen LogP contribution in [0.3, 0.4) is 0 Å². The number of piperazine rings is 1. The quantitative estimate of drug-likeness (QED) is 0.932. The van der Waals surface area contributed by atoms with E-state index in [-0.39, 0.29) is 17.8 Å². The van der Waals surface area contributed by atoms with E-state index in [1.165, 1.54) is 0 Å². The molecular weight excluding hydrogens is 314 g/mol. The molecule has 1 aromatic heterocycles. The fraction of sp³-hybridized carbons (Fsp3) is 0.438. The van der Waals surface area contributed by atoms with Crippen molar-refractivity contribution in [3.63, 3.8) is 0 Å². The highest BCUT2D eigenvalue weighted by molar-refractivity contribution is 6.32. The maximum absolute atomic E-state index is 12.7. The first-order valence-corrected chi connectivity index (χ1v) is 8.22. The zero-order valence-electron chi connectivity index (χ0n) is 13.3. The maximum Gasteiger partial charge on any atom is 0.293 e. The first-order valence-electron chi connectivity index (χ1n) is 7.84. The molecule has 0 unspecified atom stereocenters. The van der Waals surface area contributed by atoms with Crippen molar-refractivity contribution in [3.05, 3.63) is 40.9 Å². The van der Waals surface area contributed by atoms with Gasteiger partial charge in [0.15, 0.2) is 0 Å². The number of benzene rings is 1. The topological polar surface area (TPSA) is 63.1 Å². The number of hydrogen-bond donors (Lipinski definition) is 1. The van der Waals surface area contributed by atoms with Crippen molar-refractivity contribution < 1.29 is 4.79 Å². The molecule has 1 aliphatic rings. The van der Waals surface area contributed by atoms with Crippen LogP contribution >= 0.6 is 11.6 Å². The molecule has 122 valence electrons. The van der Waals surface area contributed by atoms with Crippen LogP contribution in [-0.4, -0.2) is 51.2 Å². The van der Waals surface area contributed by atoms with Crippen molar-refractivity contribution in [2.45, 2.75) is 26.3 Å². The fourth-order valence-electron chi connectivity index (χ4n) is 2.75. The number of amides is 1. The maximum atomic E-state index is 12.7. The molecular formula is C16H20ClN5O. The van der Waals surface area contributed by atoms with Gasteiger partial charge in [0.1, 0.15) is 5.82 Å². The third-order valence-corrected chi connectivity index (χ3v) is 4.34. The van der Waals surface area contributed by atoms with Crippen LogP contribution < -0.4 is 5.32 Å². The van der Waals surface area contributed by atoms with Gasteiger partial charge in [0.2, 0.25) is 5.82 Å². The van der Waals surface area contributed by atoms with E-state index in [0.29, 0.717) is 18.0 Å². The minimum absolute atomic E-state index is 0.125. The van der Waals surface area contributed by atoms with E-state index in [1.54, 1.807) is 10.7 Å². The second-order valence-electron chi connectivity index (χ2n) is 5.62. The van der Waals surface area contributed by atoms with E-state index < -0.39 is 0 Å². The molecule has 1 saturated heterocycles. The van der Waals surface area contributed by atoms with Gasteiger partial charge in [0.25, 0.3) is 5.91 Å². The number of aryl methyl sites for hydroxylation is 1. The zero-order valence-corrected chi connectivity index (χ0v) is 14.0. The summed E-state index contributed by atoms with van der Waals surface area (Å²) in [5.41, 5.74) is 0.742. The Labute approximate surface area is 140 Å². The smallest absolute Gasteiger partial charge is 0.293 e. The van der Waals surface area contributed by atoms with Gasteiger partial charge in [-0.25, -0.2) is 9.67 Å². The summed E-state index contributed by atoms with van der Waals surface area (Å²) in [7, 11) is 0. The Morgan fingerprint density at radius 2 is 2.22 bits per heavy atom. The average Bonchev–Trinajstić information content (AvgIpc) is 2.99. The van der Waals surface area contributed by atoms with Crippen LogP contribution in [0.4, 0.5) is 0 Å². The van der Waals surface area contributed by atoms with Gasteiger partial charge in [-0.2, -0.15) is 0 Å². The average molecular weight is 334 g/mol. The number of carbonyl (C=O) groups is 1. The van der Waals surface area contributed by atoms with Crippen LogP contribution in [0.2, 0.25) is 5.02 Å². The molecule has 3 rings (SSSR count). The molecule has 6 nitrogen and oxygen atoms in total. The summed E-state index contributed by atoms with van der Waals surface area (Å²) in [4.78, 5) is 19.0. The van der Waals surface area contributed by atoms with E-state index in [1.807, 2.05) is 36.9 Å². The van der Waals surface area contributed by atoms with Crippen molar-refractivity contribution in [2.24, 2.45) is 0 Å². The van der Waals surface area contributed by atoms with Gasteiger partial charge < -0.3 is 10.2 Å². The Kier molecular flexibility index (Phi) is 4.63. The molecule has 1 amide bonds. The summed E-state index contributed by atoms with van der Waals surface area (Å²) in [6, 6.07) is 7.56. The minimum Gasteiger partial charge on any atom is -0.331 e. The fourth-order valence-corrected chi connectivity index (χ4v) is 2.97. The second-order valence-corrected chi connectivity index (χ2v) is 6.03. The Morgan fingerprint density at radius 3 is 2.91 bits per heavy atom. The van der Waals surface area contributed by atoms with E-state index >= 15 is 0 Å². The number of hydrogen-bond acceptors (Lipinski definition) is 4. The largest absolute Gasteiger partial charge is 0.331 e. The van der Waals surface area contributed by atoms with E-state index in [0.717, 1.165) is 24.6 Å². The lowest BCUT2D eigenvalue weighted by Crippen LogP contribution is -2.52. The SMILES string of the molecule is CCc1nc(C(=O)N2CCNC[C@H]2C)nn1-c1ccccc1Cl. The highest BCUT2D eigenvalue weighted by atomic mass is 35.5. The number of rotatable bonds is 3. The van der Waals surface area contributed by atoms with E-state index in [4.69, 9.17) is 11.6 Å². The van der Waals surface area contributed by atoms with Gasteiger partial charge in [-0.1, -0.05) is 30.7 Å². The molecule has 0 spiro atoms. The highest BCUT2D eigenvalue weighted by Gasteiger charge is 2.28. The van der Waals surface area contributed by atoms with E-state index in [9.17, 15) is 4.79 Å². The van der Waals surface area contributed by atoms with Crippen LogP contribution in [-0.2, 0) is 6.42 Å². The summed E-state index contributed by atoms with van der Waals surface area (Å²) in [6.07, 6.45) is 0.669. The van der Waals surface area contributed by atoms with Crippen LogP contribution in [0.25, 0.3) is 5.69 Å². The van der Waals surface area contributed by atoms with Gasteiger partial charge in [-0.15, -0.1) is 5.10 Å². The molecule has 0 radical (unpaired) electrons. The summed E-state index contributed by atoms with van der Waals surface area (Å²) < 4.78 is 1.67. The molecule has 1 aliphatic heterocycles. The molecule has 0 saturated carbocycles. The van der Waals surface area contributed by atoms with Gasteiger partial charge in [0.05, 0.1) is 10.7 Å². The first kappa shape index (κ1) is 16.0. The van der Waals surface area contributed by atoms with Crippen molar-refractivity contribution in [2.75, 3.05) is 19.6 Å². The molecule has 1 fully saturated rings. The van der Waals surface area contributed by atoms with Crippen LogP contribution in [0.1, 0.15) is 30.3 Å². The van der Waals surface area contributed by atoms with Crippen molar-refractivity contribution in [1.82, 2.24) is 25.0 Å². The number of para-hydroxylation sites is 1. The third-order valence-electron chi connectivity index (χ3n) is 4.02. The highest BCUT2D eigenvalue weighted by Crippen LogP contribution is 2.21. The zero-order chi connectivity index (χ0) is 16.4. The standard InChI is InChI=1S/C16H20ClN5O/c1-3-14-19-15(16(23)21-9-8-18-10-11(21)2)20-22(14)13-7-5-4-6-12(13)17/h4-7,11,18H,3,8-10H2,1-2H3/t11-/m1/s1. The lowest BCUT2D eigenvalue weighted by Gasteiger charge is -2.33. The Bertz CT molecular complexity index is 714. The summed E-state index contributed by atoms with van der Waals surface area (Å²) >= 11 is 6.26. The van der Waals surface area contributed by atoms with Gasteiger partial charge in [-0.05, 0) is 19.1 Å². The summed E-state index contributed by atoms with van der Waals surface area (Å²) in [5.74, 6) is 0.833. The Hall–Kier alpha value is -1.92. The minimum atomic E-state index is -0.125. The monoisotopic (exact) mass is 333 g/mol. The van der Waals surface area contributed by atoms with Crippen molar-refractivity contribution >= 4 is 17.5 Å². The Morgan fingerprint density at radius 1 is 1.43 bits per heavy atom. The predicted molar refractivity (Wildman–Crippen MR) is 89.1 cm³/mol. The molecule has 1 atom stereocenters. The molecule has 1 N–H and O–H groups in total. The van der Waals surface area contributed by atoms with Crippen LogP contribution in [0.15, 0.2) is 24.3 Å².